The minimum atomic E-state index is 0.0438. The number of benzene rings is 2. The Morgan fingerprint density at radius 2 is 1.70 bits per heavy atom. The van der Waals surface area contributed by atoms with E-state index in [4.69, 9.17) is 5.73 Å². The summed E-state index contributed by atoms with van der Waals surface area (Å²) in [5.41, 5.74) is 12.7. The molecule has 3 rings (SSSR count). The predicted molar refractivity (Wildman–Crippen MR) is 82.0 cm³/mol. The van der Waals surface area contributed by atoms with Crippen LogP contribution in [0.25, 0.3) is 0 Å². The number of hydrogen-bond acceptors (Lipinski definition) is 2. The summed E-state index contributed by atoms with van der Waals surface area (Å²) >= 11 is 0. The second kappa shape index (κ2) is 4.37. The molecule has 1 heterocycles. The maximum Gasteiger partial charge on any atom is 0.259 e. The topological polar surface area (TPSA) is 46.3 Å². The van der Waals surface area contributed by atoms with Gasteiger partial charge in [-0.05, 0) is 49.6 Å². The van der Waals surface area contributed by atoms with Crippen LogP contribution in [-0.2, 0) is 6.54 Å². The number of hydrogen-bond donors (Lipinski definition) is 1. The second-order valence-electron chi connectivity index (χ2n) is 5.56. The van der Waals surface area contributed by atoms with E-state index >= 15 is 0 Å². The van der Waals surface area contributed by atoms with Gasteiger partial charge < -0.3 is 10.6 Å². The number of carbonyl (C=O) groups excluding carboxylic acids is 1. The van der Waals surface area contributed by atoms with Crippen LogP contribution in [0, 0.1) is 20.8 Å². The number of amides is 1. The molecule has 0 spiro atoms. The Balaban J connectivity index is 2.09. The van der Waals surface area contributed by atoms with E-state index in [-0.39, 0.29) is 5.91 Å². The van der Waals surface area contributed by atoms with Crippen LogP contribution in [-0.4, -0.2) is 5.91 Å². The highest BCUT2D eigenvalue weighted by Gasteiger charge is 2.30. The molecule has 0 aliphatic carbocycles. The van der Waals surface area contributed by atoms with Crippen molar-refractivity contribution in [3.8, 4) is 0 Å². The largest absolute Gasteiger partial charge is 0.399 e. The summed E-state index contributed by atoms with van der Waals surface area (Å²) in [6, 6.07) is 9.81. The van der Waals surface area contributed by atoms with Crippen molar-refractivity contribution < 1.29 is 4.79 Å². The number of nitrogens with two attached hydrogens (primary N) is 1. The first-order chi connectivity index (χ1) is 9.47. The van der Waals surface area contributed by atoms with Crippen LogP contribution in [0.4, 0.5) is 11.4 Å². The lowest BCUT2D eigenvalue weighted by molar-refractivity contribution is 0.0996. The van der Waals surface area contributed by atoms with Gasteiger partial charge in [0.25, 0.3) is 5.91 Å². The number of aryl methyl sites for hydroxylation is 3. The van der Waals surface area contributed by atoms with Crippen molar-refractivity contribution in [3.05, 3.63) is 58.1 Å². The third kappa shape index (κ3) is 1.86. The van der Waals surface area contributed by atoms with Crippen LogP contribution in [0.5, 0.6) is 0 Å². The average Bonchev–Trinajstić information content (AvgIpc) is 2.66. The van der Waals surface area contributed by atoms with E-state index in [2.05, 4.69) is 32.9 Å². The standard InChI is InChI=1S/C17H18N2O/c1-10-6-11(2)16(12(3)7-10)19-9-13-4-5-14(18)8-15(13)17(19)20/h4-8H,9,18H2,1-3H3. The van der Waals surface area contributed by atoms with Gasteiger partial charge in [-0.2, -0.15) is 0 Å². The molecule has 0 saturated carbocycles. The first-order valence-corrected chi connectivity index (χ1v) is 6.75. The van der Waals surface area contributed by atoms with Gasteiger partial charge in [0.15, 0.2) is 0 Å². The molecule has 3 heteroatoms. The van der Waals surface area contributed by atoms with Gasteiger partial charge >= 0.3 is 0 Å². The van der Waals surface area contributed by atoms with E-state index in [1.165, 1.54) is 5.56 Å². The molecule has 20 heavy (non-hydrogen) atoms. The van der Waals surface area contributed by atoms with Crippen LogP contribution in [0.15, 0.2) is 30.3 Å². The Morgan fingerprint density at radius 1 is 1.05 bits per heavy atom. The Morgan fingerprint density at radius 3 is 2.35 bits per heavy atom. The van der Waals surface area contributed by atoms with Crippen LogP contribution in [0.2, 0.25) is 0 Å². The molecule has 0 atom stereocenters. The quantitative estimate of drug-likeness (QED) is 0.804. The Labute approximate surface area is 119 Å². The summed E-state index contributed by atoms with van der Waals surface area (Å²) in [5, 5.41) is 0. The van der Waals surface area contributed by atoms with Gasteiger partial charge in [0.1, 0.15) is 0 Å². The first kappa shape index (κ1) is 12.7. The molecule has 102 valence electrons. The number of anilines is 2. The predicted octanol–water partition coefficient (Wildman–Crippen LogP) is 3.35. The van der Waals surface area contributed by atoms with Gasteiger partial charge in [-0.1, -0.05) is 23.8 Å². The van der Waals surface area contributed by atoms with Crippen molar-refractivity contribution in [1.82, 2.24) is 0 Å². The number of nitrogen functional groups attached to an aromatic ring is 1. The van der Waals surface area contributed by atoms with Crippen molar-refractivity contribution in [2.24, 2.45) is 0 Å². The molecule has 0 unspecified atom stereocenters. The smallest absolute Gasteiger partial charge is 0.259 e. The third-order valence-corrected chi connectivity index (χ3v) is 3.84. The van der Waals surface area contributed by atoms with E-state index in [9.17, 15) is 4.79 Å². The van der Waals surface area contributed by atoms with Gasteiger partial charge in [0.05, 0.1) is 12.2 Å². The Bertz CT molecular complexity index is 696. The summed E-state index contributed by atoms with van der Waals surface area (Å²) in [4.78, 5) is 14.5. The van der Waals surface area contributed by atoms with E-state index in [0.29, 0.717) is 12.2 Å². The monoisotopic (exact) mass is 266 g/mol. The van der Waals surface area contributed by atoms with Crippen molar-refractivity contribution in [2.45, 2.75) is 27.3 Å². The number of rotatable bonds is 1. The number of nitrogens with zero attached hydrogens (tertiary/aromatic N) is 1. The lowest BCUT2D eigenvalue weighted by Gasteiger charge is -2.21. The summed E-state index contributed by atoms with van der Waals surface area (Å²) in [6.45, 7) is 6.81. The molecule has 1 amide bonds. The fourth-order valence-corrected chi connectivity index (χ4v) is 3.10. The average molecular weight is 266 g/mol. The lowest BCUT2D eigenvalue weighted by atomic mass is 10.0. The summed E-state index contributed by atoms with van der Waals surface area (Å²) in [6.07, 6.45) is 0. The van der Waals surface area contributed by atoms with Gasteiger partial charge in [0, 0.05) is 11.3 Å². The van der Waals surface area contributed by atoms with Gasteiger partial charge in [0.2, 0.25) is 0 Å². The highest BCUT2D eigenvalue weighted by molar-refractivity contribution is 6.11. The highest BCUT2D eigenvalue weighted by Crippen LogP contribution is 2.34. The minimum Gasteiger partial charge on any atom is -0.399 e. The molecule has 2 aromatic rings. The molecule has 0 aromatic heterocycles. The first-order valence-electron chi connectivity index (χ1n) is 6.75. The number of fused-ring (bicyclic) bond motifs is 1. The van der Waals surface area contributed by atoms with Crippen LogP contribution in [0.1, 0.15) is 32.6 Å². The fourth-order valence-electron chi connectivity index (χ4n) is 3.10. The molecular formula is C17H18N2O. The Kier molecular flexibility index (Phi) is 2.78. The molecule has 3 nitrogen and oxygen atoms in total. The zero-order valence-electron chi connectivity index (χ0n) is 12.0. The van der Waals surface area contributed by atoms with E-state index in [0.717, 1.165) is 27.9 Å². The molecule has 0 saturated heterocycles. The summed E-state index contributed by atoms with van der Waals surface area (Å²) < 4.78 is 0. The molecule has 1 aliphatic rings. The normalized spacial score (nSPS) is 13.8. The second-order valence-corrected chi connectivity index (χ2v) is 5.56. The Hall–Kier alpha value is -2.29. The molecule has 0 radical (unpaired) electrons. The molecule has 1 aliphatic heterocycles. The zero-order valence-corrected chi connectivity index (χ0v) is 12.0. The SMILES string of the molecule is Cc1cc(C)c(N2Cc3ccc(N)cc3C2=O)c(C)c1. The number of carbonyl (C=O) groups is 1. The van der Waals surface area contributed by atoms with E-state index in [1.807, 2.05) is 17.0 Å². The molecule has 0 bridgehead atoms. The molecule has 2 aromatic carbocycles. The van der Waals surface area contributed by atoms with Crippen molar-refractivity contribution >= 4 is 17.3 Å². The van der Waals surface area contributed by atoms with E-state index in [1.54, 1.807) is 6.07 Å². The van der Waals surface area contributed by atoms with Crippen molar-refractivity contribution in [3.63, 3.8) is 0 Å². The maximum atomic E-state index is 12.6. The van der Waals surface area contributed by atoms with Gasteiger partial charge in [-0.15, -0.1) is 0 Å². The van der Waals surface area contributed by atoms with Crippen molar-refractivity contribution in [1.29, 1.82) is 0 Å². The van der Waals surface area contributed by atoms with Crippen LogP contribution in [0.3, 0.4) is 0 Å². The van der Waals surface area contributed by atoms with E-state index < -0.39 is 0 Å². The minimum absolute atomic E-state index is 0.0438. The maximum absolute atomic E-state index is 12.6. The summed E-state index contributed by atoms with van der Waals surface area (Å²) in [5.74, 6) is 0.0438. The third-order valence-electron chi connectivity index (χ3n) is 3.84. The highest BCUT2D eigenvalue weighted by atomic mass is 16.2. The summed E-state index contributed by atoms with van der Waals surface area (Å²) in [7, 11) is 0. The zero-order chi connectivity index (χ0) is 14.4. The fraction of sp³-hybridized carbons (Fsp3) is 0.235. The molecule has 0 fully saturated rings. The van der Waals surface area contributed by atoms with Crippen molar-refractivity contribution in [2.75, 3.05) is 10.6 Å². The van der Waals surface area contributed by atoms with Crippen LogP contribution < -0.4 is 10.6 Å². The lowest BCUT2D eigenvalue weighted by Crippen LogP contribution is -2.24. The molecule has 2 N–H and O–H groups in total. The van der Waals surface area contributed by atoms with Gasteiger partial charge in [-0.3, -0.25) is 4.79 Å². The van der Waals surface area contributed by atoms with Crippen LogP contribution >= 0.6 is 0 Å². The van der Waals surface area contributed by atoms with Gasteiger partial charge in [-0.25, -0.2) is 0 Å². The molecular weight excluding hydrogens is 248 g/mol.